The van der Waals surface area contributed by atoms with Crippen LogP contribution in [-0.4, -0.2) is 9.55 Å². The Morgan fingerprint density at radius 2 is 1.85 bits per heavy atom. The summed E-state index contributed by atoms with van der Waals surface area (Å²) >= 11 is 1.66. The Hall–Kier alpha value is -2.33. The standard InChI is InChI=1S/C22H22N2OS/c1-2-16-11-13-17(14-12-16)15-26-22-23-20-10-6-5-9-19(20)21(25)24(22)18-7-3-4-8-18/h2,5-6,9-14,18H,1,3-4,7-8,15H2. The molecular weight excluding hydrogens is 340 g/mol. The van der Waals surface area contributed by atoms with Crippen molar-refractivity contribution >= 4 is 28.7 Å². The molecule has 1 aliphatic rings. The second-order valence-corrected chi connectivity index (χ2v) is 7.70. The number of thioether (sulfide) groups is 1. The molecule has 3 aromatic rings. The summed E-state index contributed by atoms with van der Waals surface area (Å²) < 4.78 is 1.96. The number of hydrogen-bond donors (Lipinski definition) is 0. The molecule has 26 heavy (non-hydrogen) atoms. The quantitative estimate of drug-likeness (QED) is 0.447. The molecule has 0 aliphatic heterocycles. The summed E-state index contributed by atoms with van der Waals surface area (Å²) in [5.41, 5.74) is 3.23. The molecule has 1 heterocycles. The summed E-state index contributed by atoms with van der Waals surface area (Å²) in [6.07, 6.45) is 6.37. The van der Waals surface area contributed by atoms with Gasteiger partial charge in [0, 0.05) is 11.8 Å². The number of para-hydroxylation sites is 1. The Balaban J connectivity index is 1.70. The van der Waals surface area contributed by atoms with E-state index < -0.39 is 0 Å². The molecular formula is C22H22N2OS. The van der Waals surface area contributed by atoms with Crippen molar-refractivity contribution < 1.29 is 0 Å². The normalized spacial score (nSPS) is 14.8. The fourth-order valence-electron chi connectivity index (χ4n) is 3.61. The summed E-state index contributed by atoms with van der Waals surface area (Å²) in [5, 5.41) is 1.56. The maximum absolute atomic E-state index is 13.1. The van der Waals surface area contributed by atoms with Gasteiger partial charge in [-0.3, -0.25) is 9.36 Å². The van der Waals surface area contributed by atoms with Crippen molar-refractivity contribution in [3.05, 3.63) is 76.6 Å². The van der Waals surface area contributed by atoms with Crippen LogP contribution in [0.5, 0.6) is 0 Å². The minimum Gasteiger partial charge on any atom is -0.284 e. The maximum atomic E-state index is 13.1. The van der Waals surface area contributed by atoms with Gasteiger partial charge in [0.1, 0.15) is 0 Å². The van der Waals surface area contributed by atoms with Crippen LogP contribution in [0.3, 0.4) is 0 Å². The zero-order chi connectivity index (χ0) is 17.9. The van der Waals surface area contributed by atoms with Gasteiger partial charge in [0.25, 0.3) is 5.56 Å². The molecule has 0 spiro atoms. The van der Waals surface area contributed by atoms with Crippen LogP contribution in [0.4, 0.5) is 0 Å². The number of rotatable bonds is 5. The average Bonchev–Trinajstić information content (AvgIpc) is 3.21. The van der Waals surface area contributed by atoms with E-state index >= 15 is 0 Å². The molecule has 0 bridgehead atoms. The lowest BCUT2D eigenvalue weighted by molar-refractivity contribution is 0.457. The fraction of sp³-hybridized carbons (Fsp3) is 0.273. The molecule has 2 aromatic carbocycles. The molecule has 1 saturated carbocycles. The molecule has 1 aliphatic carbocycles. The maximum Gasteiger partial charge on any atom is 0.262 e. The molecule has 0 radical (unpaired) electrons. The van der Waals surface area contributed by atoms with Crippen molar-refractivity contribution in [2.45, 2.75) is 42.6 Å². The third-order valence-corrected chi connectivity index (χ3v) is 6.07. The van der Waals surface area contributed by atoms with Crippen LogP contribution in [0, 0.1) is 0 Å². The molecule has 0 unspecified atom stereocenters. The SMILES string of the molecule is C=Cc1ccc(CSc2nc3ccccc3c(=O)n2C2CCCC2)cc1. The molecule has 0 amide bonds. The third-order valence-electron chi connectivity index (χ3n) is 5.05. The second kappa shape index (κ2) is 7.50. The lowest BCUT2D eigenvalue weighted by Crippen LogP contribution is -2.26. The number of fused-ring (bicyclic) bond motifs is 1. The van der Waals surface area contributed by atoms with E-state index in [0.717, 1.165) is 40.2 Å². The van der Waals surface area contributed by atoms with Crippen LogP contribution < -0.4 is 5.56 Å². The van der Waals surface area contributed by atoms with E-state index in [1.807, 2.05) is 34.9 Å². The van der Waals surface area contributed by atoms with E-state index in [9.17, 15) is 4.79 Å². The monoisotopic (exact) mass is 362 g/mol. The lowest BCUT2D eigenvalue weighted by Gasteiger charge is -2.18. The highest BCUT2D eigenvalue weighted by Gasteiger charge is 2.22. The van der Waals surface area contributed by atoms with E-state index in [2.05, 4.69) is 30.8 Å². The minimum absolute atomic E-state index is 0.104. The van der Waals surface area contributed by atoms with Crippen molar-refractivity contribution in [1.82, 2.24) is 9.55 Å². The molecule has 0 saturated heterocycles. The fourth-order valence-corrected chi connectivity index (χ4v) is 4.63. The van der Waals surface area contributed by atoms with Crippen LogP contribution in [0.25, 0.3) is 17.0 Å². The van der Waals surface area contributed by atoms with Crippen molar-refractivity contribution in [1.29, 1.82) is 0 Å². The average molecular weight is 362 g/mol. The van der Waals surface area contributed by atoms with E-state index in [-0.39, 0.29) is 11.6 Å². The summed E-state index contributed by atoms with van der Waals surface area (Å²) in [5.74, 6) is 0.801. The Kier molecular flexibility index (Phi) is 4.93. The Morgan fingerprint density at radius 3 is 2.58 bits per heavy atom. The van der Waals surface area contributed by atoms with Gasteiger partial charge in [-0.05, 0) is 36.1 Å². The molecule has 4 heteroatoms. The third kappa shape index (κ3) is 3.34. The van der Waals surface area contributed by atoms with Crippen molar-refractivity contribution in [2.75, 3.05) is 0 Å². The lowest BCUT2D eigenvalue weighted by atomic mass is 10.1. The van der Waals surface area contributed by atoms with Gasteiger partial charge in [-0.2, -0.15) is 0 Å². The minimum atomic E-state index is 0.104. The van der Waals surface area contributed by atoms with Crippen LogP contribution in [0.2, 0.25) is 0 Å². The first-order valence-electron chi connectivity index (χ1n) is 9.12. The van der Waals surface area contributed by atoms with Gasteiger partial charge in [-0.25, -0.2) is 4.98 Å². The predicted octanol–water partition coefficient (Wildman–Crippen LogP) is 5.45. The molecule has 4 rings (SSSR count). The molecule has 132 valence electrons. The van der Waals surface area contributed by atoms with Crippen LogP contribution in [0.15, 0.2) is 65.1 Å². The summed E-state index contributed by atoms with van der Waals surface area (Å²) in [6, 6.07) is 16.3. The van der Waals surface area contributed by atoms with Crippen LogP contribution >= 0.6 is 11.8 Å². The number of nitrogens with zero attached hydrogens (tertiary/aromatic N) is 2. The largest absolute Gasteiger partial charge is 0.284 e. The van der Waals surface area contributed by atoms with E-state index in [0.29, 0.717) is 0 Å². The predicted molar refractivity (Wildman–Crippen MR) is 110 cm³/mol. The Morgan fingerprint density at radius 1 is 1.12 bits per heavy atom. The zero-order valence-corrected chi connectivity index (χ0v) is 15.5. The molecule has 1 fully saturated rings. The van der Waals surface area contributed by atoms with Gasteiger partial charge in [0.15, 0.2) is 5.16 Å². The van der Waals surface area contributed by atoms with E-state index in [1.165, 1.54) is 18.4 Å². The van der Waals surface area contributed by atoms with Crippen LogP contribution in [-0.2, 0) is 5.75 Å². The van der Waals surface area contributed by atoms with Gasteiger partial charge in [-0.15, -0.1) is 0 Å². The van der Waals surface area contributed by atoms with E-state index in [1.54, 1.807) is 11.8 Å². The summed E-state index contributed by atoms with van der Waals surface area (Å²) in [7, 11) is 0. The molecule has 1 aromatic heterocycles. The van der Waals surface area contributed by atoms with E-state index in [4.69, 9.17) is 4.98 Å². The molecule has 0 atom stereocenters. The van der Waals surface area contributed by atoms with Gasteiger partial charge < -0.3 is 0 Å². The van der Waals surface area contributed by atoms with Gasteiger partial charge >= 0.3 is 0 Å². The topological polar surface area (TPSA) is 34.9 Å². The van der Waals surface area contributed by atoms with Gasteiger partial charge in [0.05, 0.1) is 10.9 Å². The Bertz CT molecular complexity index is 985. The smallest absolute Gasteiger partial charge is 0.262 e. The second-order valence-electron chi connectivity index (χ2n) is 6.76. The zero-order valence-electron chi connectivity index (χ0n) is 14.7. The first-order chi connectivity index (χ1) is 12.8. The highest BCUT2D eigenvalue weighted by atomic mass is 32.2. The Labute approximate surface area is 157 Å². The highest BCUT2D eigenvalue weighted by molar-refractivity contribution is 7.98. The van der Waals surface area contributed by atoms with Crippen molar-refractivity contribution in [3.63, 3.8) is 0 Å². The van der Waals surface area contributed by atoms with Gasteiger partial charge in [0.2, 0.25) is 0 Å². The highest BCUT2D eigenvalue weighted by Crippen LogP contribution is 2.33. The summed E-state index contributed by atoms with van der Waals surface area (Å²) in [4.78, 5) is 18.0. The van der Waals surface area contributed by atoms with Crippen LogP contribution in [0.1, 0.15) is 42.9 Å². The van der Waals surface area contributed by atoms with Crippen molar-refractivity contribution in [3.8, 4) is 0 Å². The first kappa shape index (κ1) is 17.1. The summed E-state index contributed by atoms with van der Waals surface area (Å²) in [6.45, 7) is 3.80. The number of benzene rings is 2. The number of hydrogen-bond acceptors (Lipinski definition) is 3. The number of aromatic nitrogens is 2. The molecule has 0 N–H and O–H groups in total. The van der Waals surface area contributed by atoms with Gasteiger partial charge in [-0.1, -0.05) is 73.7 Å². The molecule has 3 nitrogen and oxygen atoms in total. The first-order valence-corrected chi connectivity index (χ1v) is 10.1. The van der Waals surface area contributed by atoms with Crippen molar-refractivity contribution in [2.24, 2.45) is 0 Å².